The lowest BCUT2D eigenvalue weighted by Gasteiger charge is -2.08. The predicted molar refractivity (Wildman–Crippen MR) is 86.3 cm³/mol. The number of hydrogen-bond acceptors (Lipinski definition) is 2. The summed E-state index contributed by atoms with van der Waals surface area (Å²) in [5, 5.41) is 3.29. The third-order valence-corrected chi connectivity index (χ3v) is 3.65. The summed E-state index contributed by atoms with van der Waals surface area (Å²) < 4.78 is 0.857. The molecule has 0 unspecified atom stereocenters. The number of anilines is 1. The fourth-order valence-corrected chi connectivity index (χ4v) is 2.30. The van der Waals surface area contributed by atoms with Gasteiger partial charge in [-0.15, -0.1) is 0 Å². The van der Waals surface area contributed by atoms with Crippen molar-refractivity contribution in [1.82, 2.24) is 0 Å². The molecule has 0 aliphatic carbocycles. The van der Waals surface area contributed by atoms with Gasteiger partial charge < -0.3 is 11.1 Å². The Morgan fingerprint density at radius 3 is 2.55 bits per heavy atom. The number of halogens is 2. The zero-order chi connectivity index (χ0) is 14.5. The van der Waals surface area contributed by atoms with Gasteiger partial charge in [-0.2, -0.15) is 0 Å². The highest BCUT2D eigenvalue weighted by atomic mass is 79.9. The van der Waals surface area contributed by atoms with Gasteiger partial charge in [-0.05, 0) is 48.9 Å². The second-order valence-corrected chi connectivity index (χ2v) is 5.64. The van der Waals surface area contributed by atoms with E-state index in [1.165, 1.54) is 0 Å². The van der Waals surface area contributed by atoms with E-state index in [-0.39, 0.29) is 5.91 Å². The molecular weight excluding hydrogens is 340 g/mol. The van der Waals surface area contributed by atoms with Crippen LogP contribution < -0.4 is 11.1 Å². The first-order chi connectivity index (χ1) is 9.60. The van der Waals surface area contributed by atoms with Gasteiger partial charge in [0.05, 0.1) is 10.7 Å². The first-order valence-electron chi connectivity index (χ1n) is 6.15. The molecule has 0 aliphatic heterocycles. The van der Waals surface area contributed by atoms with E-state index in [9.17, 15) is 4.79 Å². The van der Waals surface area contributed by atoms with Crippen LogP contribution in [0.15, 0.2) is 46.9 Å². The Morgan fingerprint density at radius 1 is 1.20 bits per heavy atom. The molecule has 0 aromatic heterocycles. The molecule has 0 fully saturated rings. The highest BCUT2D eigenvalue weighted by Gasteiger charge is 2.08. The van der Waals surface area contributed by atoms with E-state index in [0.29, 0.717) is 22.8 Å². The number of hydrogen-bond donors (Lipinski definition) is 2. The molecule has 1 amide bonds. The lowest BCUT2D eigenvalue weighted by atomic mass is 10.1. The standard InChI is InChI=1S/C15H14BrClN2O/c16-12-5-6-13(17)14(9-12)19-15(20)11-3-1-10(2-4-11)7-8-18/h1-6,9H,7-8,18H2,(H,19,20). The molecule has 5 heteroatoms. The van der Waals surface area contributed by atoms with Crippen molar-refractivity contribution < 1.29 is 4.79 Å². The number of carbonyl (C=O) groups excluding carboxylic acids is 1. The van der Waals surface area contributed by atoms with Crippen molar-refractivity contribution in [3.05, 3.63) is 63.1 Å². The van der Waals surface area contributed by atoms with Crippen LogP contribution in [-0.2, 0) is 6.42 Å². The highest BCUT2D eigenvalue weighted by Crippen LogP contribution is 2.26. The van der Waals surface area contributed by atoms with Crippen LogP contribution in [0.25, 0.3) is 0 Å². The largest absolute Gasteiger partial charge is 0.330 e. The molecule has 0 saturated carbocycles. The van der Waals surface area contributed by atoms with E-state index in [2.05, 4.69) is 21.2 Å². The molecule has 3 N–H and O–H groups in total. The summed E-state index contributed by atoms with van der Waals surface area (Å²) in [5.74, 6) is -0.190. The number of carbonyl (C=O) groups is 1. The minimum atomic E-state index is -0.190. The normalized spacial score (nSPS) is 10.3. The fraction of sp³-hybridized carbons (Fsp3) is 0.133. The number of amides is 1. The summed E-state index contributed by atoms with van der Waals surface area (Å²) in [5.41, 5.74) is 7.77. The molecule has 2 aromatic carbocycles. The molecule has 0 radical (unpaired) electrons. The van der Waals surface area contributed by atoms with E-state index >= 15 is 0 Å². The smallest absolute Gasteiger partial charge is 0.255 e. The van der Waals surface area contributed by atoms with Gasteiger partial charge in [-0.25, -0.2) is 0 Å². The summed E-state index contributed by atoms with van der Waals surface area (Å²) in [6.45, 7) is 0.596. The number of nitrogens with two attached hydrogens (primary N) is 1. The molecule has 0 saturated heterocycles. The minimum Gasteiger partial charge on any atom is -0.330 e. The molecular formula is C15H14BrClN2O. The van der Waals surface area contributed by atoms with Gasteiger partial charge in [0, 0.05) is 10.0 Å². The predicted octanol–water partition coefficient (Wildman–Crippen LogP) is 3.86. The van der Waals surface area contributed by atoms with E-state index < -0.39 is 0 Å². The zero-order valence-electron chi connectivity index (χ0n) is 10.7. The SMILES string of the molecule is NCCc1ccc(C(=O)Nc2cc(Br)ccc2Cl)cc1. The van der Waals surface area contributed by atoms with Crippen molar-refractivity contribution in [2.45, 2.75) is 6.42 Å². The monoisotopic (exact) mass is 352 g/mol. The molecule has 0 heterocycles. The van der Waals surface area contributed by atoms with Crippen molar-refractivity contribution >= 4 is 39.1 Å². The van der Waals surface area contributed by atoms with Crippen LogP contribution >= 0.6 is 27.5 Å². The van der Waals surface area contributed by atoms with Crippen LogP contribution in [0.5, 0.6) is 0 Å². The van der Waals surface area contributed by atoms with Gasteiger partial charge in [-0.1, -0.05) is 39.7 Å². The first-order valence-corrected chi connectivity index (χ1v) is 7.32. The molecule has 2 rings (SSSR count). The van der Waals surface area contributed by atoms with Crippen molar-refractivity contribution in [3.63, 3.8) is 0 Å². The Labute approximate surface area is 131 Å². The van der Waals surface area contributed by atoms with Gasteiger partial charge in [0.1, 0.15) is 0 Å². The van der Waals surface area contributed by atoms with Crippen molar-refractivity contribution in [2.75, 3.05) is 11.9 Å². The topological polar surface area (TPSA) is 55.1 Å². The quantitative estimate of drug-likeness (QED) is 0.877. The minimum absolute atomic E-state index is 0.190. The Bertz CT molecular complexity index is 614. The molecule has 20 heavy (non-hydrogen) atoms. The molecule has 0 atom stereocenters. The maximum atomic E-state index is 12.1. The van der Waals surface area contributed by atoms with Crippen LogP contribution in [0.2, 0.25) is 5.02 Å². The van der Waals surface area contributed by atoms with Crippen LogP contribution in [0.4, 0.5) is 5.69 Å². The number of nitrogens with one attached hydrogen (secondary N) is 1. The molecule has 0 aliphatic rings. The Balaban J connectivity index is 2.13. The summed E-state index contributed by atoms with van der Waals surface area (Å²) in [7, 11) is 0. The third kappa shape index (κ3) is 3.82. The van der Waals surface area contributed by atoms with Crippen molar-refractivity contribution in [1.29, 1.82) is 0 Å². The van der Waals surface area contributed by atoms with Gasteiger partial charge >= 0.3 is 0 Å². The lowest BCUT2D eigenvalue weighted by molar-refractivity contribution is 0.102. The van der Waals surface area contributed by atoms with Crippen LogP contribution in [-0.4, -0.2) is 12.5 Å². The molecule has 104 valence electrons. The second kappa shape index (κ2) is 6.88. The zero-order valence-corrected chi connectivity index (χ0v) is 13.0. The third-order valence-electron chi connectivity index (χ3n) is 2.83. The average molecular weight is 354 g/mol. The van der Waals surface area contributed by atoms with Crippen LogP contribution in [0.1, 0.15) is 15.9 Å². The first kappa shape index (κ1) is 15.0. The summed E-state index contributed by atoms with van der Waals surface area (Å²) in [4.78, 5) is 12.1. The molecule has 3 nitrogen and oxygen atoms in total. The van der Waals surface area contributed by atoms with Gasteiger partial charge in [0.15, 0.2) is 0 Å². The maximum Gasteiger partial charge on any atom is 0.255 e. The average Bonchev–Trinajstić information content (AvgIpc) is 2.44. The molecule has 0 spiro atoms. The van der Waals surface area contributed by atoms with E-state index in [1.54, 1.807) is 24.3 Å². The van der Waals surface area contributed by atoms with Crippen molar-refractivity contribution in [3.8, 4) is 0 Å². The van der Waals surface area contributed by atoms with Gasteiger partial charge in [-0.3, -0.25) is 4.79 Å². The van der Waals surface area contributed by atoms with E-state index in [1.807, 2.05) is 18.2 Å². The van der Waals surface area contributed by atoms with Gasteiger partial charge in [0.2, 0.25) is 0 Å². The Morgan fingerprint density at radius 2 is 1.90 bits per heavy atom. The van der Waals surface area contributed by atoms with Crippen LogP contribution in [0, 0.1) is 0 Å². The summed E-state index contributed by atoms with van der Waals surface area (Å²) >= 11 is 9.39. The Kier molecular flexibility index (Phi) is 5.17. The molecule has 0 bridgehead atoms. The summed E-state index contributed by atoms with van der Waals surface area (Å²) in [6.07, 6.45) is 0.805. The number of benzene rings is 2. The Hall–Kier alpha value is -1.36. The maximum absolute atomic E-state index is 12.1. The lowest BCUT2D eigenvalue weighted by Crippen LogP contribution is -2.12. The fourth-order valence-electron chi connectivity index (χ4n) is 1.78. The second-order valence-electron chi connectivity index (χ2n) is 4.31. The summed E-state index contributed by atoms with van der Waals surface area (Å²) in [6, 6.07) is 12.7. The van der Waals surface area contributed by atoms with E-state index in [0.717, 1.165) is 16.5 Å². The van der Waals surface area contributed by atoms with Crippen molar-refractivity contribution in [2.24, 2.45) is 5.73 Å². The highest BCUT2D eigenvalue weighted by molar-refractivity contribution is 9.10. The van der Waals surface area contributed by atoms with E-state index in [4.69, 9.17) is 17.3 Å². The number of rotatable bonds is 4. The van der Waals surface area contributed by atoms with Crippen LogP contribution in [0.3, 0.4) is 0 Å². The molecule has 2 aromatic rings. The van der Waals surface area contributed by atoms with Gasteiger partial charge in [0.25, 0.3) is 5.91 Å².